The van der Waals surface area contributed by atoms with E-state index >= 15 is 0 Å². The molecular formula is C23H26N4O3S. The smallest absolute Gasteiger partial charge is 0.241 e. The van der Waals surface area contributed by atoms with E-state index in [-0.39, 0.29) is 5.91 Å². The summed E-state index contributed by atoms with van der Waals surface area (Å²) in [5, 5.41) is 12.3. The largest absolute Gasteiger partial charge is 0.338 e. The zero-order chi connectivity index (χ0) is 22.1. The van der Waals surface area contributed by atoms with Crippen LogP contribution in [0.5, 0.6) is 0 Å². The van der Waals surface area contributed by atoms with Crippen molar-refractivity contribution in [2.24, 2.45) is 5.73 Å². The first kappa shape index (κ1) is 21.5. The van der Waals surface area contributed by atoms with Gasteiger partial charge in [-0.1, -0.05) is 49.6 Å². The molecule has 0 spiro atoms. The number of hydrogen-bond donors (Lipinski definition) is 3. The van der Waals surface area contributed by atoms with Crippen molar-refractivity contribution in [2.45, 2.75) is 61.5 Å². The van der Waals surface area contributed by atoms with Crippen LogP contribution in [-0.2, 0) is 27.8 Å². The summed E-state index contributed by atoms with van der Waals surface area (Å²) in [7, 11) is -3.37. The van der Waals surface area contributed by atoms with E-state index in [0.717, 1.165) is 41.5 Å². The topological polar surface area (TPSA) is 125 Å². The molecular weight excluding hydrogens is 412 g/mol. The maximum atomic E-state index is 12.6. The first-order valence-electron chi connectivity index (χ1n) is 10.5. The van der Waals surface area contributed by atoms with Crippen molar-refractivity contribution in [3.05, 3.63) is 53.6 Å². The van der Waals surface area contributed by atoms with Crippen LogP contribution in [0.25, 0.3) is 11.1 Å². The van der Waals surface area contributed by atoms with Gasteiger partial charge in [0.1, 0.15) is 6.04 Å². The molecule has 1 fully saturated rings. The molecule has 1 aliphatic carbocycles. The summed E-state index contributed by atoms with van der Waals surface area (Å²) < 4.78 is 26.3. The SMILES string of the molecule is N#C[C@H](Cc1ccc(-c2ccc3c(c2)CNS3(=O)=O)cc1)NC(=O)C1(N)CCCCC1. The lowest BCUT2D eigenvalue weighted by Crippen LogP contribution is -2.57. The number of carbonyl (C=O) groups excluding carboxylic acids is 1. The van der Waals surface area contributed by atoms with Crippen molar-refractivity contribution >= 4 is 15.9 Å². The zero-order valence-electron chi connectivity index (χ0n) is 17.2. The third-order valence-electron chi connectivity index (χ3n) is 6.19. The number of hydrogen-bond acceptors (Lipinski definition) is 5. The van der Waals surface area contributed by atoms with Crippen LogP contribution in [0, 0.1) is 11.3 Å². The minimum absolute atomic E-state index is 0.239. The Kier molecular flexibility index (Phi) is 5.84. The summed E-state index contributed by atoms with van der Waals surface area (Å²) in [6.07, 6.45) is 4.68. The molecule has 1 aliphatic heterocycles. The molecule has 0 saturated heterocycles. The first-order chi connectivity index (χ1) is 14.8. The molecule has 0 unspecified atom stereocenters. The fourth-order valence-electron chi connectivity index (χ4n) is 4.32. The second-order valence-electron chi connectivity index (χ2n) is 8.42. The molecule has 1 saturated carbocycles. The van der Waals surface area contributed by atoms with E-state index in [4.69, 9.17) is 5.73 Å². The molecule has 1 heterocycles. The molecule has 2 aliphatic rings. The van der Waals surface area contributed by atoms with Gasteiger partial charge in [0.05, 0.1) is 16.5 Å². The lowest BCUT2D eigenvalue weighted by atomic mass is 9.81. The highest BCUT2D eigenvalue weighted by atomic mass is 32.2. The Morgan fingerprint density at radius 1 is 1.13 bits per heavy atom. The highest BCUT2D eigenvalue weighted by molar-refractivity contribution is 7.89. The van der Waals surface area contributed by atoms with E-state index in [1.54, 1.807) is 12.1 Å². The maximum absolute atomic E-state index is 12.6. The van der Waals surface area contributed by atoms with Crippen LogP contribution >= 0.6 is 0 Å². The number of rotatable bonds is 5. The first-order valence-corrected chi connectivity index (χ1v) is 12.0. The van der Waals surface area contributed by atoms with Gasteiger partial charge in [0, 0.05) is 13.0 Å². The normalized spacial score (nSPS) is 19.7. The van der Waals surface area contributed by atoms with Crippen LogP contribution in [0.3, 0.4) is 0 Å². The predicted molar refractivity (Wildman–Crippen MR) is 117 cm³/mol. The van der Waals surface area contributed by atoms with Crippen LogP contribution in [0.15, 0.2) is 47.4 Å². The van der Waals surface area contributed by atoms with Crippen molar-refractivity contribution in [3.63, 3.8) is 0 Å². The standard InChI is InChI=1S/C23H26N4O3S/c24-14-20(27-22(28)23(25)10-2-1-3-11-23)12-16-4-6-17(7-5-16)18-8-9-21-19(13-18)15-26-31(21,29)30/h4-9,13,20,26H,1-3,10-12,15,25H2,(H,27,28)/t20-/m0/s1. The quantitative estimate of drug-likeness (QED) is 0.661. The van der Waals surface area contributed by atoms with Crippen molar-refractivity contribution in [3.8, 4) is 17.2 Å². The molecule has 0 bridgehead atoms. The van der Waals surface area contributed by atoms with Gasteiger partial charge < -0.3 is 11.1 Å². The lowest BCUT2D eigenvalue weighted by Gasteiger charge is -2.32. The molecule has 0 radical (unpaired) electrons. The number of carbonyl (C=O) groups is 1. The zero-order valence-corrected chi connectivity index (χ0v) is 18.0. The molecule has 4 N–H and O–H groups in total. The minimum atomic E-state index is -3.37. The van der Waals surface area contributed by atoms with E-state index in [1.807, 2.05) is 30.3 Å². The van der Waals surface area contributed by atoms with Gasteiger partial charge in [0.2, 0.25) is 15.9 Å². The van der Waals surface area contributed by atoms with Crippen molar-refractivity contribution in [2.75, 3.05) is 0 Å². The summed E-state index contributed by atoms with van der Waals surface area (Å²) in [6.45, 7) is 0.301. The minimum Gasteiger partial charge on any atom is -0.338 e. The van der Waals surface area contributed by atoms with Crippen molar-refractivity contribution in [1.82, 2.24) is 10.0 Å². The molecule has 31 heavy (non-hydrogen) atoms. The van der Waals surface area contributed by atoms with E-state index in [1.165, 1.54) is 0 Å². The molecule has 0 aromatic heterocycles. The summed E-state index contributed by atoms with van der Waals surface area (Å²) in [5.74, 6) is -0.239. The molecule has 1 atom stereocenters. The third kappa shape index (κ3) is 4.49. The van der Waals surface area contributed by atoms with Gasteiger partial charge >= 0.3 is 0 Å². The average Bonchev–Trinajstić information content (AvgIpc) is 3.08. The molecule has 1 amide bonds. The van der Waals surface area contributed by atoms with Crippen LogP contribution in [0.4, 0.5) is 0 Å². The van der Waals surface area contributed by atoms with Crippen molar-refractivity contribution in [1.29, 1.82) is 5.26 Å². The number of nitriles is 1. The Bertz CT molecular complexity index is 1130. The summed E-state index contributed by atoms with van der Waals surface area (Å²) in [5.41, 5.74) is 8.97. The molecule has 2 aromatic carbocycles. The van der Waals surface area contributed by atoms with Crippen LogP contribution in [-0.4, -0.2) is 25.9 Å². The van der Waals surface area contributed by atoms with Gasteiger partial charge in [-0.15, -0.1) is 0 Å². The number of amides is 1. The molecule has 2 aromatic rings. The lowest BCUT2D eigenvalue weighted by molar-refractivity contribution is -0.127. The van der Waals surface area contributed by atoms with Crippen LogP contribution in [0.2, 0.25) is 0 Å². The van der Waals surface area contributed by atoms with Gasteiger partial charge in [0.25, 0.3) is 0 Å². The van der Waals surface area contributed by atoms with Gasteiger partial charge in [-0.25, -0.2) is 13.1 Å². The fraction of sp³-hybridized carbons (Fsp3) is 0.391. The number of nitrogens with one attached hydrogen (secondary N) is 2. The second kappa shape index (κ2) is 8.42. The highest BCUT2D eigenvalue weighted by Crippen LogP contribution is 2.29. The van der Waals surface area contributed by atoms with Crippen LogP contribution < -0.4 is 15.8 Å². The summed E-state index contributed by atoms with van der Waals surface area (Å²) >= 11 is 0. The molecule has 4 rings (SSSR count). The Morgan fingerprint density at radius 2 is 1.81 bits per heavy atom. The van der Waals surface area contributed by atoms with Crippen LogP contribution in [0.1, 0.15) is 43.2 Å². The Hall–Kier alpha value is -2.73. The Morgan fingerprint density at radius 3 is 2.48 bits per heavy atom. The van der Waals surface area contributed by atoms with E-state index in [2.05, 4.69) is 16.1 Å². The number of sulfonamides is 1. The van der Waals surface area contributed by atoms with Gasteiger partial charge in [-0.2, -0.15) is 5.26 Å². The number of nitrogens with zero attached hydrogens (tertiary/aromatic N) is 1. The third-order valence-corrected chi connectivity index (χ3v) is 7.69. The van der Waals surface area contributed by atoms with Crippen molar-refractivity contribution < 1.29 is 13.2 Å². The summed E-state index contributed by atoms with van der Waals surface area (Å²) in [6, 6.07) is 14.6. The Labute approximate surface area is 182 Å². The average molecular weight is 439 g/mol. The number of nitrogens with two attached hydrogens (primary N) is 1. The number of benzene rings is 2. The van der Waals surface area contributed by atoms with E-state index < -0.39 is 21.6 Å². The number of fused-ring (bicyclic) bond motifs is 1. The second-order valence-corrected chi connectivity index (χ2v) is 10.2. The maximum Gasteiger partial charge on any atom is 0.241 e. The molecule has 7 nitrogen and oxygen atoms in total. The molecule has 8 heteroatoms. The highest BCUT2D eigenvalue weighted by Gasteiger charge is 2.36. The van der Waals surface area contributed by atoms with E-state index in [9.17, 15) is 18.5 Å². The summed E-state index contributed by atoms with van der Waals surface area (Å²) in [4.78, 5) is 13.0. The monoisotopic (exact) mass is 438 g/mol. The van der Waals surface area contributed by atoms with Gasteiger partial charge in [-0.05, 0) is 47.2 Å². The molecule has 162 valence electrons. The van der Waals surface area contributed by atoms with Gasteiger partial charge in [0.15, 0.2) is 0 Å². The Balaban J connectivity index is 1.43. The van der Waals surface area contributed by atoms with E-state index in [0.29, 0.717) is 30.7 Å². The van der Waals surface area contributed by atoms with Gasteiger partial charge in [-0.3, -0.25) is 4.79 Å². The fourth-order valence-corrected chi connectivity index (χ4v) is 5.54. The predicted octanol–water partition coefficient (Wildman–Crippen LogP) is 2.36.